The number of fused-ring (bicyclic) bond motifs is 2. The number of anilines is 1. The zero-order valence-electron chi connectivity index (χ0n) is 12.1. The molecule has 6 nitrogen and oxygen atoms in total. The zero-order chi connectivity index (χ0) is 15.3. The van der Waals surface area contributed by atoms with Crippen LogP contribution in [-0.4, -0.2) is 15.4 Å². The van der Waals surface area contributed by atoms with Crippen LogP contribution in [0.15, 0.2) is 40.2 Å². The second-order valence-electron chi connectivity index (χ2n) is 5.43. The molecule has 1 aliphatic rings. The van der Waals surface area contributed by atoms with Gasteiger partial charge in [0.15, 0.2) is 0 Å². The summed E-state index contributed by atoms with van der Waals surface area (Å²) >= 11 is 0. The van der Waals surface area contributed by atoms with Gasteiger partial charge in [-0.2, -0.15) is 10.4 Å². The van der Waals surface area contributed by atoms with Crippen molar-refractivity contribution in [3.63, 3.8) is 0 Å². The van der Waals surface area contributed by atoms with E-state index in [9.17, 15) is 5.26 Å². The van der Waals surface area contributed by atoms with E-state index in [1.165, 1.54) is 0 Å². The van der Waals surface area contributed by atoms with E-state index in [4.69, 9.17) is 4.52 Å². The van der Waals surface area contributed by atoms with Crippen LogP contribution < -0.4 is 5.32 Å². The van der Waals surface area contributed by atoms with Crippen LogP contribution in [0.2, 0.25) is 0 Å². The van der Waals surface area contributed by atoms with E-state index in [1.54, 1.807) is 6.20 Å². The van der Waals surface area contributed by atoms with Gasteiger partial charge in [-0.3, -0.25) is 5.10 Å². The summed E-state index contributed by atoms with van der Waals surface area (Å²) in [6.45, 7) is 3.83. The minimum Gasteiger partial charge on any atom is -0.338 e. The third-order valence-corrected chi connectivity index (χ3v) is 4.13. The number of nitrogens with one attached hydrogen (secondary N) is 2. The highest BCUT2D eigenvalue weighted by Crippen LogP contribution is 2.41. The fourth-order valence-electron chi connectivity index (χ4n) is 2.99. The first-order valence-electron chi connectivity index (χ1n) is 6.96. The fourth-order valence-corrected chi connectivity index (χ4v) is 2.99. The molecule has 1 aromatic carbocycles. The Kier molecular flexibility index (Phi) is 2.57. The molecule has 1 atom stereocenters. The smallest absolute Gasteiger partial charge is 0.232 e. The van der Waals surface area contributed by atoms with Gasteiger partial charge >= 0.3 is 0 Å². The predicted molar refractivity (Wildman–Crippen MR) is 81.1 cm³/mol. The maximum Gasteiger partial charge on any atom is 0.232 e. The SMILES string of the molecule is CC1=C(C#N)C(c2ccc3[nH]nc(C)c3c2)c2cnoc2N1. The molecule has 0 fully saturated rings. The van der Waals surface area contributed by atoms with Crippen LogP contribution >= 0.6 is 0 Å². The van der Waals surface area contributed by atoms with E-state index in [-0.39, 0.29) is 5.92 Å². The maximum atomic E-state index is 9.57. The van der Waals surface area contributed by atoms with E-state index in [0.29, 0.717) is 11.5 Å². The van der Waals surface area contributed by atoms with Gasteiger partial charge in [0.1, 0.15) is 0 Å². The van der Waals surface area contributed by atoms with Crippen molar-refractivity contribution in [2.24, 2.45) is 0 Å². The standard InChI is InChI=1S/C16H13N5O/c1-8-12(6-17)15(13-7-18-22-16(13)19-8)10-3-4-14-11(5-10)9(2)20-21-14/h3-5,7,15,19H,1-2H3,(H,20,21). The molecule has 0 aliphatic carbocycles. The van der Waals surface area contributed by atoms with Gasteiger partial charge in [-0.15, -0.1) is 0 Å². The van der Waals surface area contributed by atoms with E-state index in [2.05, 4.69) is 32.8 Å². The van der Waals surface area contributed by atoms with Crippen LogP contribution in [0.1, 0.15) is 29.7 Å². The number of H-pyrrole nitrogens is 1. The molecular formula is C16H13N5O. The number of rotatable bonds is 1. The monoisotopic (exact) mass is 291 g/mol. The Labute approximate surface area is 126 Å². The molecule has 0 saturated carbocycles. The Morgan fingerprint density at radius 2 is 2.18 bits per heavy atom. The van der Waals surface area contributed by atoms with Gasteiger partial charge in [0.05, 0.1) is 35.0 Å². The van der Waals surface area contributed by atoms with Gasteiger partial charge in [-0.05, 0) is 31.5 Å². The third-order valence-electron chi connectivity index (χ3n) is 4.13. The van der Waals surface area contributed by atoms with Crippen LogP contribution in [-0.2, 0) is 0 Å². The summed E-state index contributed by atoms with van der Waals surface area (Å²) in [5.74, 6) is 0.428. The number of aromatic nitrogens is 3. The molecule has 22 heavy (non-hydrogen) atoms. The summed E-state index contributed by atoms with van der Waals surface area (Å²) in [5, 5.41) is 24.8. The van der Waals surface area contributed by atoms with E-state index in [0.717, 1.165) is 33.4 Å². The van der Waals surface area contributed by atoms with Crippen LogP contribution in [0.5, 0.6) is 0 Å². The molecule has 1 aliphatic heterocycles. The quantitative estimate of drug-likeness (QED) is 0.718. The number of hydrogen-bond donors (Lipinski definition) is 2. The Balaban J connectivity index is 1.96. The highest BCUT2D eigenvalue weighted by molar-refractivity contribution is 5.82. The molecule has 4 rings (SSSR count). The molecule has 3 aromatic rings. The van der Waals surface area contributed by atoms with E-state index in [1.807, 2.05) is 26.0 Å². The molecule has 6 heteroatoms. The number of benzene rings is 1. The third kappa shape index (κ3) is 1.66. The molecule has 1 unspecified atom stereocenters. The minimum absolute atomic E-state index is 0.175. The predicted octanol–water partition coefficient (Wildman–Crippen LogP) is 3.21. The molecule has 2 N–H and O–H groups in total. The van der Waals surface area contributed by atoms with Gasteiger partial charge in [0.2, 0.25) is 5.88 Å². The largest absolute Gasteiger partial charge is 0.338 e. The van der Waals surface area contributed by atoms with Crippen molar-refractivity contribution in [1.29, 1.82) is 5.26 Å². The van der Waals surface area contributed by atoms with Crippen molar-refractivity contribution in [3.8, 4) is 6.07 Å². The molecule has 0 radical (unpaired) electrons. The first-order chi connectivity index (χ1) is 10.7. The van der Waals surface area contributed by atoms with Crippen molar-refractivity contribution >= 4 is 16.8 Å². The van der Waals surface area contributed by atoms with Crippen molar-refractivity contribution in [3.05, 3.63) is 52.5 Å². The summed E-state index contributed by atoms with van der Waals surface area (Å²) < 4.78 is 5.24. The van der Waals surface area contributed by atoms with Crippen LogP contribution in [0.4, 0.5) is 5.88 Å². The first kappa shape index (κ1) is 12.7. The second-order valence-corrected chi connectivity index (χ2v) is 5.43. The van der Waals surface area contributed by atoms with Gasteiger partial charge in [-0.25, -0.2) is 0 Å². The second kappa shape index (κ2) is 4.46. The van der Waals surface area contributed by atoms with E-state index >= 15 is 0 Å². The van der Waals surface area contributed by atoms with Crippen molar-refractivity contribution in [1.82, 2.24) is 15.4 Å². The lowest BCUT2D eigenvalue weighted by Crippen LogP contribution is -2.15. The van der Waals surface area contributed by atoms with Gasteiger partial charge in [0, 0.05) is 16.6 Å². The Hall–Kier alpha value is -3.07. The first-order valence-corrected chi connectivity index (χ1v) is 6.96. The lowest BCUT2D eigenvalue weighted by Gasteiger charge is -2.23. The fraction of sp³-hybridized carbons (Fsp3) is 0.188. The molecule has 0 amide bonds. The highest BCUT2D eigenvalue weighted by Gasteiger charge is 2.31. The van der Waals surface area contributed by atoms with E-state index < -0.39 is 0 Å². The molecule has 0 bridgehead atoms. The van der Waals surface area contributed by atoms with Crippen LogP contribution in [0.3, 0.4) is 0 Å². The summed E-state index contributed by atoms with van der Waals surface area (Å²) in [6, 6.07) is 8.39. The Morgan fingerprint density at radius 3 is 3.00 bits per heavy atom. The van der Waals surface area contributed by atoms with Gasteiger partial charge in [0.25, 0.3) is 0 Å². The molecule has 108 valence electrons. The highest BCUT2D eigenvalue weighted by atomic mass is 16.5. The summed E-state index contributed by atoms with van der Waals surface area (Å²) in [4.78, 5) is 0. The molecule has 0 saturated heterocycles. The summed E-state index contributed by atoms with van der Waals surface area (Å²) in [6.07, 6.45) is 1.67. The zero-order valence-corrected chi connectivity index (χ0v) is 12.1. The molecule has 3 heterocycles. The van der Waals surface area contributed by atoms with Crippen LogP contribution in [0.25, 0.3) is 10.9 Å². The number of hydrogen-bond acceptors (Lipinski definition) is 5. The maximum absolute atomic E-state index is 9.57. The lowest BCUT2D eigenvalue weighted by molar-refractivity contribution is 0.432. The number of aryl methyl sites for hydroxylation is 1. The summed E-state index contributed by atoms with van der Waals surface area (Å²) in [5.41, 5.74) is 5.30. The molecule has 0 spiro atoms. The normalized spacial score (nSPS) is 17.2. The summed E-state index contributed by atoms with van der Waals surface area (Å²) in [7, 11) is 0. The minimum atomic E-state index is -0.175. The molecule has 2 aromatic heterocycles. The Morgan fingerprint density at radius 1 is 1.32 bits per heavy atom. The Bertz CT molecular complexity index is 956. The number of nitriles is 1. The van der Waals surface area contributed by atoms with Crippen molar-refractivity contribution in [2.45, 2.75) is 19.8 Å². The molecular weight excluding hydrogens is 278 g/mol. The van der Waals surface area contributed by atoms with Gasteiger partial charge in [-0.1, -0.05) is 11.2 Å². The van der Waals surface area contributed by atoms with Crippen LogP contribution in [0, 0.1) is 18.3 Å². The average Bonchev–Trinajstić information content (AvgIpc) is 3.12. The topological polar surface area (TPSA) is 90.5 Å². The number of aromatic amines is 1. The average molecular weight is 291 g/mol. The van der Waals surface area contributed by atoms with Crippen molar-refractivity contribution in [2.75, 3.05) is 5.32 Å². The number of nitrogens with zero attached hydrogens (tertiary/aromatic N) is 3. The van der Waals surface area contributed by atoms with Gasteiger partial charge < -0.3 is 9.84 Å². The number of allylic oxidation sites excluding steroid dienone is 2. The van der Waals surface area contributed by atoms with Crippen molar-refractivity contribution < 1.29 is 4.52 Å². The lowest BCUT2D eigenvalue weighted by atomic mass is 9.83.